The second kappa shape index (κ2) is 11.2. The Labute approximate surface area is 149 Å². The van der Waals surface area contributed by atoms with Crippen molar-refractivity contribution in [1.29, 1.82) is 0 Å². The first kappa shape index (κ1) is 21.7. The standard InChI is InChI=1S/C15H25N3OS.2ClH/c1-12(16)8-15(19)17-9-13-4-2-6-18(10-13)11-14-5-3-7-20-14;;/h3,5,7,12-13H,2,4,6,8-11,16H2,1H3,(H,17,19);2*1H. The Bertz CT molecular complexity index is 415. The lowest BCUT2D eigenvalue weighted by molar-refractivity contribution is -0.121. The van der Waals surface area contributed by atoms with Gasteiger partial charge in [0.25, 0.3) is 0 Å². The summed E-state index contributed by atoms with van der Waals surface area (Å²) in [4.78, 5) is 15.6. The largest absolute Gasteiger partial charge is 0.356 e. The van der Waals surface area contributed by atoms with Gasteiger partial charge in [-0.2, -0.15) is 0 Å². The SMILES string of the molecule is CC(N)CC(=O)NCC1CCCN(Cc2cccs2)C1.Cl.Cl. The minimum Gasteiger partial charge on any atom is -0.356 e. The number of carbonyl (C=O) groups excluding carboxylic acids is 1. The number of nitrogens with two attached hydrogens (primary N) is 1. The van der Waals surface area contributed by atoms with Gasteiger partial charge in [-0.25, -0.2) is 0 Å². The van der Waals surface area contributed by atoms with E-state index < -0.39 is 0 Å². The van der Waals surface area contributed by atoms with Crippen LogP contribution >= 0.6 is 36.2 Å². The maximum atomic E-state index is 11.6. The van der Waals surface area contributed by atoms with Crippen LogP contribution < -0.4 is 11.1 Å². The number of carbonyl (C=O) groups is 1. The summed E-state index contributed by atoms with van der Waals surface area (Å²) in [5.74, 6) is 0.649. The molecule has 1 amide bonds. The van der Waals surface area contributed by atoms with Gasteiger partial charge in [-0.15, -0.1) is 36.2 Å². The minimum absolute atomic E-state index is 0. The number of halogens is 2. The zero-order valence-corrected chi connectivity index (χ0v) is 15.4. The van der Waals surface area contributed by atoms with E-state index in [-0.39, 0.29) is 36.8 Å². The lowest BCUT2D eigenvalue weighted by Gasteiger charge is -2.32. The average molecular weight is 368 g/mol. The smallest absolute Gasteiger partial charge is 0.221 e. The van der Waals surface area contributed by atoms with E-state index in [0.717, 1.165) is 19.6 Å². The van der Waals surface area contributed by atoms with Crippen LogP contribution in [-0.2, 0) is 11.3 Å². The number of rotatable bonds is 6. The highest BCUT2D eigenvalue weighted by atomic mass is 35.5. The molecule has 7 heteroatoms. The molecule has 22 heavy (non-hydrogen) atoms. The second-order valence-corrected chi connectivity index (χ2v) is 6.84. The van der Waals surface area contributed by atoms with Gasteiger partial charge in [-0.1, -0.05) is 6.07 Å². The van der Waals surface area contributed by atoms with Crippen molar-refractivity contribution in [3.05, 3.63) is 22.4 Å². The third-order valence-electron chi connectivity index (χ3n) is 3.66. The molecule has 0 radical (unpaired) electrons. The minimum atomic E-state index is -0.0586. The molecule has 4 nitrogen and oxygen atoms in total. The first-order chi connectivity index (χ1) is 9.63. The molecule has 1 aliphatic rings. The van der Waals surface area contributed by atoms with Crippen LogP contribution in [-0.4, -0.2) is 36.5 Å². The van der Waals surface area contributed by atoms with Crippen LogP contribution in [0.1, 0.15) is 31.1 Å². The molecular formula is C15H27Cl2N3OS. The number of piperidine rings is 1. The van der Waals surface area contributed by atoms with E-state index in [0.29, 0.717) is 12.3 Å². The van der Waals surface area contributed by atoms with Gasteiger partial charge in [-0.05, 0) is 43.7 Å². The number of nitrogens with one attached hydrogen (secondary N) is 1. The Hall–Kier alpha value is -0.330. The summed E-state index contributed by atoms with van der Waals surface area (Å²) in [5.41, 5.74) is 5.63. The van der Waals surface area contributed by atoms with Crippen molar-refractivity contribution in [1.82, 2.24) is 10.2 Å². The molecule has 0 aliphatic carbocycles. The Balaban J connectivity index is 0.00000220. The predicted octanol–water partition coefficient (Wildman–Crippen LogP) is 2.66. The fourth-order valence-corrected chi connectivity index (χ4v) is 3.45. The van der Waals surface area contributed by atoms with E-state index in [9.17, 15) is 4.79 Å². The van der Waals surface area contributed by atoms with E-state index in [1.807, 2.05) is 18.3 Å². The van der Waals surface area contributed by atoms with Crippen LogP contribution in [0.15, 0.2) is 17.5 Å². The molecule has 0 bridgehead atoms. The van der Waals surface area contributed by atoms with Crippen LogP contribution in [0.5, 0.6) is 0 Å². The number of nitrogens with zero attached hydrogens (tertiary/aromatic N) is 1. The summed E-state index contributed by atoms with van der Waals surface area (Å²) in [7, 11) is 0. The van der Waals surface area contributed by atoms with Gasteiger partial charge in [0.15, 0.2) is 0 Å². The lowest BCUT2D eigenvalue weighted by atomic mass is 9.98. The Morgan fingerprint density at radius 3 is 2.95 bits per heavy atom. The molecule has 2 rings (SSSR count). The molecule has 3 N–H and O–H groups in total. The first-order valence-electron chi connectivity index (χ1n) is 7.40. The zero-order chi connectivity index (χ0) is 14.4. The topological polar surface area (TPSA) is 58.4 Å². The monoisotopic (exact) mass is 367 g/mol. The maximum Gasteiger partial charge on any atom is 0.221 e. The third-order valence-corrected chi connectivity index (χ3v) is 4.52. The van der Waals surface area contributed by atoms with Crippen LogP contribution in [0.25, 0.3) is 0 Å². The van der Waals surface area contributed by atoms with E-state index in [1.165, 1.54) is 24.3 Å². The van der Waals surface area contributed by atoms with E-state index in [4.69, 9.17) is 5.73 Å². The number of thiophene rings is 1. The highest BCUT2D eigenvalue weighted by Crippen LogP contribution is 2.19. The van der Waals surface area contributed by atoms with Crippen LogP contribution in [0.2, 0.25) is 0 Å². The Morgan fingerprint density at radius 2 is 2.32 bits per heavy atom. The molecule has 1 aromatic rings. The molecule has 128 valence electrons. The van der Waals surface area contributed by atoms with Crippen LogP contribution in [0.4, 0.5) is 0 Å². The van der Waals surface area contributed by atoms with Crippen molar-refractivity contribution < 1.29 is 4.79 Å². The molecule has 1 saturated heterocycles. The molecule has 2 atom stereocenters. The van der Waals surface area contributed by atoms with Gasteiger partial charge in [0, 0.05) is 37.0 Å². The molecule has 1 aromatic heterocycles. The normalized spacial score (nSPS) is 19.6. The summed E-state index contributed by atoms with van der Waals surface area (Å²) in [6.45, 7) is 5.94. The Morgan fingerprint density at radius 1 is 1.55 bits per heavy atom. The fourth-order valence-electron chi connectivity index (χ4n) is 2.71. The summed E-state index contributed by atoms with van der Waals surface area (Å²) in [5, 5.41) is 5.15. The summed E-state index contributed by atoms with van der Waals surface area (Å²) >= 11 is 1.82. The average Bonchev–Trinajstić information content (AvgIpc) is 2.89. The van der Waals surface area contributed by atoms with E-state index >= 15 is 0 Å². The highest BCUT2D eigenvalue weighted by molar-refractivity contribution is 7.09. The van der Waals surface area contributed by atoms with Gasteiger partial charge in [0.2, 0.25) is 5.91 Å². The zero-order valence-electron chi connectivity index (χ0n) is 13.0. The van der Waals surface area contributed by atoms with Crippen LogP contribution in [0, 0.1) is 5.92 Å². The molecular weight excluding hydrogens is 341 g/mol. The van der Waals surface area contributed by atoms with Gasteiger partial charge >= 0.3 is 0 Å². The van der Waals surface area contributed by atoms with Gasteiger partial charge in [0.1, 0.15) is 0 Å². The van der Waals surface area contributed by atoms with Gasteiger partial charge < -0.3 is 11.1 Å². The van der Waals surface area contributed by atoms with Crippen molar-refractivity contribution in [3.63, 3.8) is 0 Å². The number of hydrogen-bond acceptors (Lipinski definition) is 4. The maximum absolute atomic E-state index is 11.6. The molecule has 2 heterocycles. The van der Waals surface area contributed by atoms with E-state index in [2.05, 4.69) is 27.7 Å². The summed E-state index contributed by atoms with van der Waals surface area (Å²) in [6, 6.07) is 4.24. The van der Waals surface area contributed by atoms with Crippen molar-refractivity contribution in [3.8, 4) is 0 Å². The van der Waals surface area contributed by atoms with Gasteiger partial charge in [-0.3, -0.25) is 9.69 Å². The van der Waals surface area contributed by atoms with Crippen molar-refractivity contribution >= 4 is 42.1 Å². The van der Waals surface area contributed by atoms with E-state index in [1.54, 1.807) is 0 Å². The fraction of sp³-hybridized carbons (Fsp3) is 0.667. The number of hydrogen-bond donors (Lipinski definition) is 2. The molecule has 1 aliphatic heterocycles. The lowest BCUT2D eigenvalue weighted by Crippen LogP contribution is -2.41. The molecule has 0 aromatic carbocycles. The number of amides is 1. The summed E-state index contributed by atoms with van der Waals surface area (Å²) < 4.78 is 0. The Kier molecular flexibility index (Phi) is 11.1. The first-order valence-corrected chi connectivity index (χ1v) is 8.28. The molecule has 1 fully saturated rings. The quantitative estimate of drug-likeness (QED) is 0.812. The molecule has 0 saturated carbocycles. The third kappa shape index (κ3) is 7.79. The number of likely N-dealkylation sites (tertiary alicyclic amines) is 1. The van der Waals surface area contributed by atoms with Gasteiger partial charge in [0.05, 0.1) is 0 Å². The van der Waals surface area contributed by atoms with Crippen molar-refractivity contribution in [2.45, 2.75) is 38.8 Å². The second-order valence-electron chi connectivity index (χ2n) is 5.81. The molecule has 0 spiro atoms. The summed E-state index contributed by atoms with van der Waals surface area (Å²) in [6.07, 6.45) is 2.85. The van der Waals surface area contributed by atoms with Crippen LogP contribution in [0.3, 0.4) is 0 Å². The van der Waals surface area contributed by atoms with Crippen molar-refractivity contribution in [2.24, 2.45) is 11.7 Å². The van der Waals surface area contributed by atoms with Crippen molar-refractivity contribution in [2.75, 3.05) is 19.6 Å². The molecule has 2 unspecified atom stereocenters. The highest BCUT2D eigenvalue weighted by Gasteiger charge is 2.20. The predicted molar refractivity (Wildman–Crippen MR) is 98.1 cm³/mol.